The molecule has 1 aromatic rings. The average molecular weight is 281 g/mol. The summed E-state index contributed by atoms with van der Waals surface area (Å²) in [5.41, 5.74) is 3.71. The average Bonchev–Trinajstić information content (AvgIpc) is 2.84. The lowest BCUT2D eigenvalue weighted by molar-refractivity contribution is 0.621. The fraction of sp³-hybridized carbons (Fsp3) is 0.385. The van der Waals surface area contributed by atoms with Crippen molar-refractivity contribution in [1.29, 1.82) is 0 Å². The first-order chi connectivity index (χ1) is 8.58. The Morgan fingerprint density at radius 2 is 2.33 bits per heavy atom. The largest absolute Gasteiger partial charge is 0.361 e. The SMILES string of the molecule is CC(/C=C/c1cccs1)=N\NC(=S)NCC(C)C. The van der Waals surface area contributed by atoms with E-state index < -0.39 is 0 Å². The van der Waals surface area contributed by atoms with Gasteiger partial charge in [0.1, 0.15) is 0 Å². The highest BCUT2D eigenvalue weighted by atomic mass is 32.1. The van der Waals surface area contributed by atoms with Crippen LogP contribution in [0, 0.1) is 5.92 Å². The topological polar surface area (TPSA) is 36.4 Å². The highest BCUT2D eigenvalue weighted by Gasteiger charge is 1.95. The lowest BCUT2D eigenvalue weighted by Crippen LogP contribution is -2.34. The molecule has 0 amide bonds. The molecule has 0 radical (unpaired) electrons. The molecular weight excluding hydrogens is 262 g/mol. The number of hydrogen-bond donors (Lipinski definition) is 2. The van der Waals surface area contributed by atoms with Crippen LogP contribution >= 0.6 is 23.6 Å². The van der Waals surface area contributed by atoms with Gasteiger partial charge in [-0.1, -0.05) is 19.9 Å². The minimum absolute atomic E-state index is 0.563. The molecule has 0 unspecified atom stereocenters. The second-order valence-electron chi connectivity index (χ2n) is 4.32. The molecule has 0 aliphatic rings. The van der Waals surface area contributed by atoms with E-state index in [4.69, 9.17) is 12.2 Å². The fourth-order valence-electron chi connectivity index (χ4n) is 1.10. The van der Waals surface area contributed by atoms with Crippen molar-refractivity contribution in [2.75, 3.05) is 6.54 Å². The molecule has 18 heavy (non-hydrogen) atoms. The predicted octanol–water partition coefficient (Wildman–Crippen LogP) is 3.26. The maximum atomic E-state index is 5.10. The number of rotatable bonds is 5. The van der Waals surface area contributed by atoms with Gasteiger partial charge in [-0.05, 0) is 48.7 Å². The van der Waals surface area contributed by atoms with E-state index in [-0.39, 0.29) is 0 Å². The highest BCUT2D eigenvalue weighted by molar-refractivity contribution is 7.80. The summed E-state index contributed by atoms with van der Waals surface area (Å²) in [6.07, 6.45) is 4.00. The van der Waals surface area contributed by atoms with Crippen molar-refractivity contribution in [2.24, 2.45) is 11.0 Å². The van der Waals surface area contributed by atoms with Crippen LogP contribution in [0.5, 0.6) is 0 Å². The van der Waals surface area contributed by atoms with Crippen molar-refractivity contribution >= 4 is 40.5 Å². The molecule has 1 rings (SSSR count). The Morgan fingerprint density at radius 3 is 2.94 bits per heavy atom. The number of thiocarbonyl (C=S) groups is 1. The minimum atomic E-state index is 0.563. The van der Waals surface area contributed by atoms with Crippen LogP contribution in [-0.2, 0) is 0 Å². The van der Waals surface area contributed by atoms with Crippen molar-refractivity contribution in [3.8, 4) is 0 Å². The normalized spacial score (nSPS) is 12.1. The Balaban J connectivity index is 2.35. The van der Waals surface area contributed by atoms with Crippen LogP contribution in [0.3, 0.4) is 0 Å². The molecule has 0 aliphatic carbocycles. The molecule has 1 heterocycles. The summed E-state index contributed by atoms with van der Waals surface area (Å²) in [6, 6.07) is 4.09. The quantitative estimate of drug-likeness (QED) is 0.494. The van der Waals surface area contributed by atoms with E-state index in [1.54, 1.807) is 11.3 Å². The van der Waals surface area contributed by atoms with E-state index in [9.17, 15) is 0 Å². The van der Waals surface area contributed by atoms with Gasteiger partial charge in [-0.25, -0.2) is 0 Å². The molecule has 0 aliphatic heterocycles. The second-order valence-corrected chi connectivity index (χ2v) is 5.71. The van der Waals surface area contributed by atoms with Crippen molar-refractivity contribution < 1.29 is 0 Å². The van der Waals surface area contributed by atoms with Crippen molar-refractivity contribution in [2.45, 2.75) is 20.8 Å². The smallest absolute Gasteiger partial charge is 0.186 e. The first kappa shape index (κ1) is 14.9. The maximum absolute atomic E-state index is 5.10. The molecule has 3 nitrogen and oxygen atoms in total. The Labute approximate surface area is 118 Å². The number of allylic oxidation sites excluding steroid dienone is 1. The molecule has 5 heteroatoms. The number of nitrogens with one attached hydrogen (secondary N) is 2. The molecule has 0 bridgehead atoms. The zero-order valence-electron chi connectivity index (χ0n) is 10.9. The van der Waals surface area contributed by atoms with Gasteiger partial charge in [-0.2, -0.15) is 5.10 Å². The summed E-state index contributed by atoms with van der Waals surface area (Å²) >= 11 is 6.80. The zero-order chi connectivity index (χ0) is 13.4. The summed E-state index contributed by atoms with van der Waals surface area (Å²) in [5.74, 6) is 0.563. The Kier molecular flexibility index (Phi) is 6.60. The molecule has 0 spiro atoms. The third-order valence-corrected chi connectivity index (χ3v) is 3.11. The van der Waals surface area contributed by atoms with Gasteiger partial charge in [-0.3, -0.25) is 5.43 Å². The first-order valence-electron chi connectivity index (χ1n) is 5.87. The van der Waals surface area contributed by atoms with Gasteiger partial charge in [0.25, 0.3) is 0 Å². The lowest BCUT2D eigenvalue weighted by atomic mass is 10.2. The first-order valence-corrected chi connectivity index (χ1v) is 7.16. The van der Waals surface area contributed by atoms with E-state index in [0.717, 1.165) is 12.3 Å². The van der Waals surface area contributed by atoms with Crippen LogP contribution in [-0.4, -0.2) is 17.4 Å². The molecular formula is C13H19N3S2. The van der Waals surface area contributed by atoms with Gasteiger partial charge in [-0.15, -0.1) is 11.3 Å². The number of nitrogens with zero attached hydrogens (tertiary/aromatic N) is 1. The number of thiophene rings is 1. The Morgan fingerprint density at radius 1 is 1.56 bits per heavy atom. The molecule has 0 atom stereocenters. The van der Waals surface area contributed by atoms with Gasteiger partial charge in [0.15, 0.2) is 5.11 Å². The molecule has 98 valence electrons. The third-order valence-electron chi connectivity index (χ3n) is 2.04. The predicted molar refractivity (Wildman–Crippen MR) is 85.0 cm³/mol. The van der Waals surface area contributed by atoms with Crippen LogP contribution in [0.1, 0.15) is 25.6 Å². The Bertz CT molecular complexity index is 419. The van der Waals surface area contributed by atoms with Crippen LogP contribution in [0.4, 0.5) is 0 Å². The van der Waals surface area contributed by atoms with Gasteiger partial charge in [0.2, 0.25) is 0 Å². The minimum Gasteiger partial charge on any atom is -0.361 e. The second kappa shape index (κ2) is 8.00. The van der Waals surface area contributed by atoms with Crippen LogP contribution in [0.15, 0.2) is 28.7 Å². The fourth-order valence-corrected chi connectivity index (χ4v) is 1.85. The van der Waals surface area contributed by atoms with E-state index in [1.807, 2.05) is 25.1 Å². The van der Waals surface area contributed by atoms with Crippen molar-refractivity contribution in [3.63, 3.8) is 0 Å². The third kappa shape index (κ3) is 6.51. The number of hydrazone groups is 1. The molecule has 2 N–H and O–H groups in total. The van der Waals surface area contributed by atoms with E-state index in [1.165, 1.54) is 4.88 Å². The van der Waals surface area contributed by atoms with Gasteiger partial charge >= 0.3 is 0 Å². The van der Waals surface area contributed by atoms with Gasteiger partial charge in [0.05, 0.1) is 5.71 Å². The molecule has 1 aromatic heterocycles. The van der Waals surface area contributed by atoms with Crippen LogP contribution in [0.2, 0.25) is 0 Å². The van der Waals surface area contributed by atoms with Crippen LogP contribution in [0.25, 0.3) is 6.08 Å². The lowest BCUT2D eigenvalue weighted by Gasteiger charge is -2.09. The summed E-state index contributed by atoms with van der Waals surface area (Å²) in [4.78, 5) is 1.21. The van der Waals surface area contributed by atoms with Gasteiger partial charge < -0.3 is 5.32 Å². The summed E-state index contributed by atoms with van der Waals surface area (Å²) in [5, 5.41) is 9.89. The molecule has 0 aromatic carbocycles. The highest BCUT2D eigenvalue weighted by Crippen LogP contribution is 2.09. The number of hydrogen-bond acceptors (Lipinski definition) is 3. The standard InChI is InChI=1S/C13H19N3S2/c1-10(2)9-14-13(17)16-15-11(3)6-7-12-5-4-8-18-12/h4-8,10H,9H2,1-3H3,(H2,14,16,17)/b7-6+,15-11+. The van der Waals surface area contributed by atoms with Gasteiger partial charge in [0, 0.05) is 11.4 Å². The maximum Gasteiger partial charge on any atom is 0.186 e. The summed E-state index contributed by atoms with van der Waals surface area (Å²) in [6.45, 7) is 7.05. The van der Waals surface area contributed by atoms with E-state index >= 15 is 0 Å². The van der Waals surface area contributed by atoms with E-state index in [0.29, 0.717) is 11.0 Å². The zero-order valence-corrected chi connectivity index (χ0v) is 12.6. The summed E-state index contributed by atoms with van der Waals surface area (Å²) in [7, 11) is 0. The molecule has 0 fully saturated rings. The van der Waals surface area contributed by atoms with Crippen molar-refractivity contribution in [3.05, 3.63) is 28.5 Å². The Hall–Kier alpha value is -1.20. The monoisotopic (exact) mass is 281 g/mol. The van der Waals surface area contributed by atoms with Crippen molar-refractivity contribution in [1.82, 2.24) is 10.7 Å². The molecule has 0 saturated heterocycles. The van der Waals surface area contributed by atoms with E-state index in [2.05, 4.69) is 41.1 Å². The van der Waals surface area contributed by atoms with Crippen LogP contribution < -0.4 is 10.7 Å². The summed E-state index contributed by atoms with van der Waals surface area (Å²) < 4.78 is 0. The molecule has 0 saturated carbocycles.